The summed E-state index contributed by atoms with van der Waals surface area (Å²) >= 11 is 0. The normalized spacial score (nSPS) is 36.4. The fourth-order valence-corrected chi connectivity index (χ4v) is 5.33. The topological polar surface area (TPSA) is 75.4 Å². The molecule has 1 heterocycles. The van der Waals surface area contributed by atoms with Crippen molar-refractivity contribution in [3.05, 3.63) is 0 Å². The molecule has 3 N–H and O–H groups in total. The maximum absolute atomic E-state index is 12.5. The Morgan fingerprint density at radius 3 is 2.65 bits per heavy atom. The van der Waals surface area contributed by atoms with Crippen molar-refractivity contribution in [3.8, 4) is 0 Å². The molecule has 1 saturated carbocycles. The van der Waals surface area contributed by atoms with Crippen molar-refractivity contribution in [2.24, 2.45) is 23.5 Å². The van der Waals surface area contributed by atoms with E-state index in [0.717, 1.165) is 32.1 Å². The average molecular weight is 303 g/mol. The van der Waals surface area contributed by atoms with Crippen LogP contribution in [0.3, 0.4) is 0 Å². The van der Waals surface area contributed by atoms with Crippen LogP contribution in [0.2, 0.25) is 0 Å². The van der Waals surface area contributed by atoms with Crippen LogP contribution in [-0.4, -0.2) is 38.4 Å². The third-order valence-electron chi connectivity index (χ3n) is 5.21. The minimum atomic E-state index is -3.35. The van der Waals surface area contributed by atoms with Gasteiger partial charge in [0.25, 0.3) is 10.2 Å². The lowest BCUT2D eigenvalue weighted by atomic mass is 9.94. The van der Waals surface area contributed by atoms with Crippen LogP contribution in [0, 0.1) is 17.8 Å². The van der Waals surface area contributed by atoms with E-state index in [1.54, 1.807) is 4.31 Å². The molecule has 0 aromatic rings. The predicted octanol–water partition coefficient (Wildman–Crippen LogP) is 1.32. The van der Waals surface area contributed by atoms with E-state index in [9.17, 15) is 8.42 Å². The second-order valence-electron chi connectivity index (χ2n) is 6.44. The van der Waals surface area contributed by atoms with Gasteiger partial charge < -0.3 is 5.73 Å². The number of piperidine rings is 1. The molecule has 1 aliphatic heterocycles. The highest BCUT2D eigenvalue weighted by atomic mass is 32.2. The Hall–Kier alpha value is -0.170. The third kappa shape index (κ3) is 3.53. The summed E-state index contributed by atoms with van der Waals surface area (Å²) in [6, 6.07) is 0.100. The maximum Gasteiger partial charge on any atom is 0.279 e. The van der Waals surface area contributed by atoms with Crippen LogP contribution < -0.4 is 10.5 Å². The molecule has 4 atom stereocenters. The van der Waals surface area contributed by atoms with Gasteiger partial charge in [-0.2, -0.15) is 17.4 Å². The van der Waals surface area contributed by atoms with Gasteiger partial charge in [-0.3, -0.25) is 0 Å². The highest BCUT2D eigenvalue weighted by Crippen LogP contribution is 2.34. The first kappa shape index (κ1) is 16.2. The van der Waals surface area contributed by atoms with E-state index >= 15 is 0 Å². The summed E-state index contributed by atoms with van der Waals surface area (Å²) in [5.41, 5.74) is 5.69. The van der Waals surface area contributed by atoms with Crippen molar-refractivity contribution < 1.29 is 8.42 Å². The van der Waals surface area contributed by atoms with Crippen LogP contribution in [0.1, 0.15) is 46.0 Å². The SMILES string of the molecule is CCC1CCC(NS(=O)(=O)N2CCCC(CN)C2)C1C. The molecule has 0 bridgehead atoms. The van der Waals surface area contributed by atoms with Crippen molar-refractivity contribution in [3.63, 3.8) is 0 Å². The number of nitrogens with two attached hydrogens (primary N) is 1. The van der Waals surface area contributed by atoms with Gasteiger partial charge in [0, 0.05) is 19.1 Å². The van der Waals surface area contributed by atoms with Gasteiger partial charge in [0.1, 0.15) is 0 Å². The Morgan fingerprint density at radius 2 is 2.05 bits per heavy atom. The smallest absolute Gasteiger partial charge is 0.279 e. The van der Waals surface area contributed by atoms with Crippen molar-refractivity contribution in [2.75, 3.05) is 19.6 Å². The van der Waals surface area contributed by atoms with E-state index in [4.69, 9.17) is 5.73 Å². The van der Waals surface area contributed by atoms with E-state index < -0.39 is 10.2 Å². The zero-order valence-corrected chi connectivity index (χ0v) is 13.5. The molecule has 4 unspecified atom stereocenters. The minimum Gasteiger partial charge on any atom is -0.330 e. The Bertz CT molecular complexity index is 413. The Morgan fingerprint density at radius 1 is 1.30 bits per heavy atom. The van der Waals surface area contributed by atoms with Crippen LogP contribution in [0.5, 0.6) is 0 Å². The summed E-state index contributed by atoms with van der Waals surface area (Å²) in [6.45, 7) is 6.14. The molecule has 2 aliphatic rings. The van der Waals surface area contributed by atoms with E-state index in [2.05, 4.69) is 18.6 Å². The fraction of sp³-hybridized carbons (Fsp3) is 1.00. The molecule has 118 valence electrons. The number of nitrogens with zero attached hydrogens (tertiary/aromatic N) is 1. The Kier molecular flexibility index (Phi) is 5.45. The van der Waals surface area contributed by atoms with E-state index in [1.165, 1.54) is 0 Å². The first-order valence-electron chi connectivity index (χ1n) is 7.95. The summed E-state index contributed by atoms with van der Waals surface area (Å²) in [5.74, 6) is 1.40. The van der Waals surface area contributed by atoms with E-state index in [0.29, 0.717) is 37.4 Å². The molecule has 2 fully saturated rings. The molecular weight excluding hydrogens is 274 g/mol. The van der Waals surface area contributed by atoms with Crippen LogP contribution in [-0.2, 0) is 10.2 Å². The minimum absolute atomic E-state index is 0.100. The lowest BCUT2D eigenvalue weighted by Gasteiger charge is -2.33. The fourth-order valence-electron chi connectivity index (χ4n) is 3.69. The molecule has 6 heteroatoms. The Balaban J connectivity index is 1.97. The van der Waals surface area contributed by atoms with Crippen molar-refractivity contribution in [1.82, 2.24) is 9.03 Å². The Labute approximate surface area is 123 Å². The van der Waals surface area contributed by atoms with E-state index in [-0.39, 0.29) is 6.04 Å². The highest BCUT2D eigenvalue weighted by Gasteiger charge is 2.36. The molecule has 0 radical (unpaired) electrons. The van der Waals surface area contributed by atoms with Gasteiger partial charge in [-0.25, -0.2) is 0 Å². The summed E-state index contributed by atoms with van der Waals surface area (Å²) in [7, 11) is -3.35. The molecule has 1 saturated heterocycles. The summed E-state index contributed by atoms with van der Waals surface area (Å²) in [5, 5.41) is 0. The van der Waals surface area contributed by atoms with Gasteiger partial charge in [0.15, 0.2) is 0 Å². The summed E-state index contributed by atoms with van der Waals surface area (Å²) in [4.78, 5) is 0. The third-order valence-corrected chi connectivity index (χ3v) is 6.82. The highest BCUT2D eigenvalue weighted by molar-refractivity contribution is 7.87. The number of rotatable bonds is 5. The van der Waals surface area contributed by atoms with Crippen LogP contribution in [0.15, 0.2) is 0 Å². The van der Waals surface area contributed by atoms with Gasteiger partial charge >= 0.3 is 0 Å². The number of nitrogens with one attached hydrogen (secondary N) is 1. The molecule has 0 aromatic heterocycles. The monoisotopic (exact) mass is 303 g/mol. The first-order valence-corrected chi connectivity index (χ1v) is 9.39. The summed E-state index contributed by atoms with van der Waals surface area (Å²) in [6.07, 6.45) is 5.20. The molecular formula is C14H29N3O2S. The zero-order valence-electron chi connectivity index (χ0n) is 12.7. The average Bonchev–Trinajstić information content (AvgIpc) is 2.79. The second kappa shape index (κ2) is 6.73. The van der Waals surface area contributed by atoms with Gasteiger partial charge in [-0.05, 0) is 50.0 Å². The quantitative estimate of drug-likeness (QED) is 0.804. The van der Waals surface area contributed by atoms with Gasteiger partial charge in [0.05, 0.1) is 0 Å². The lowest BCUT2D eigenvalue weighted by Crippen LogP contribution is -2.50. The lowest BCUT2D eigenvalue weighted by molar-refractivity contribution is 0.264. The van der Waals surface area contributed by atoms with Gasteiger partial charge in [-0.15, -0.1) is 0 Å². The van der Waals surface area contributed by atoms with Crippen LogP contribution >= 0.6 is 0 Å². The molecule has 0 aromatic carbocycles. The molecule has 2 rings (SSSR count). The van der Waals surface area contributed by atoms with Crippen molar-refractivity contribution >= 4 is 10.2 Å². The van der Waals surface area contributed by atoms with Gasteiger partial charge in [0.2, 0.25) is 0 Å². The van der Waals surface area contributed by atoms with E-state index in [1.807, 2.05) is 0 Å². The van der Waals surface area contributed by atoms with Gasteiger partial charge in [-0.1, -0.05) is 20.3 Å². The maximum atomic E-state index is 12.5. The van der Waals surface area contributed by atoms with Crippen LogP contribution in [0.25, 0.3) is 0 Å². The first-order chi connectivity index (χ1) is 9.47. The zero-order chi connectivity index (χ0) is 14.8. The second-order valence-corrected chi connectivity index (χ2v) is 8.14. The summed E-state index contributed by atoms with van der Waals surface area (Å²) < 4.78 is 29.6. The largest absolute Gasteiger partial charge is 0.330 e. The van der Waals surface area contributed by atoms with Crippen molar-refractivity contribution in [2.45, 2.75) is 52.0 Å². The predicted molar refractivity (Wildman–Crippen MR) is 81.4 cm³/mol. The molecule has 1 aliphatic carbocycles. The number of hydrogen-bond acceptors (Lipinski definition) is 3. The number of hydrogen-bond donors (Lipinski definition) is 2. The molecule has 0 amide bonds. The van der Waals surface area contributed by atoms with Crippen molar-refractivity contribution in [1.29, 1.82) is 0 Å². The molecule has 5 nitrogen and oxygen atoms in total. The standard InChI is InChI=1S/C14H29N3O2S/c1-3-13-6-7-14(11(13)2)16-20(18,19)17-8-4-5-12(9-15)10-17/h11-14,16H,3-10,15H2,1-2H3. The molecule has 20 heavy (non-hydrogen) atoms. The van der Waals surface area contributed by atoms with Crippen LogP contribution in [0.4, 0.5) is 0 Å². The molecule has 0 spiro atoms.